The van der Waals surface area contributed by atoms with Gasteiger partial charge in [-0.1, -0.05) is 34.6 Å². The highest BCUT2D eigenvalue weighted by atomic mass is 19.1. The summed E-state index contributed by atoms with van der Waals surface area (Å²) in [6.45, 7) is 10.3. The first-order valence-corrected chi connectivity index (χ1v) is 8.97. The average Bonchev–Trinajstić information content (AvgIpc) is 2.57. The highest BCUT2D eigenvalue weighted by Crippen LogP contribution is 2.49. The third-order valence-electron chi connectivity index (χ3n) is 5.43. The van der Waals surface area contributed by atoms with Crippen molar-refractivity contribution in [2.45, 2.75) is 64.7 Å². The first-order chi connectivity index (χ1) is 11.7. The van der Waals surface area contributed by atoms with Gasteiger partial charge in [0.1, 0.15) is 11.6 Å². The molecule has 0 saturated carbocycles. The molecular formula is C21H31FO3. The van der Waals surface area contributed by atoms with Crippen molar-refractivity contribution in [1.29, 1.82) is 0 Å². The maximum atomic E-state index is 14.3. The zero-order valence-electron chi connectivity index (χ0n) is 16.3. The Hall–Kier alpha value is -1.39. The Morgan fingerprint density at radius 1 is 1.12 bits per heavy atom. The predicted octanol–water partition coefficient (Wildman–Crippen LogP) is 5.10. The number of ether oxygens (including phenoxy) is 2. The van der Waals surface area contributed by atoms with Gasteiger partial charge in [0.15, 0.2) is 6.79 Å². The van der Waals surface area contributed by atoms with Crippen LogP contribution in [0.25, 0.3) is 5.57 Å². The van der Waals surface area contributed by atoms with Gasteiger partial charge in [0.2, 0.25) is 0 Å². The van der Waals surface area contributed by atoms with Crippen LogP contribution in [0.4, 0.5) is 4.39 Å². The SMILES string of the molecule is CCC(=C(F)CO)c1cc2c(cc1OCOC)C(C)(C)CCC2(C)C. The van der Waals surface area contributed by atoms with Crippen LogP contribution in [-0.2, 0) is 15.6 Å². The molecule has 3 nitrogen and oxygen atoms in total. The van der Waals surface area contributed by atoms with Crippen molar-refractivity contribution in [3.8, 4) is 5.75 Å². The van der Waals surface area contributed by atoms with Crippen LogP contribution in [0.3, 0.4) is 0 Å². The number of fused-ring (bicyclic) bond motifs is 1. The van der Waals surface area contributed by atoms with E-state index >= 15 is 0 Å². The summed E-state index contributed by atoms with van der Waals surface area (Å²) in [5, 5.41) is 9.29. The number of halogens is 1. The van der Waals surface area contributed by atoms with Crippen molar-refractivity contribution in [3.63, 3.8) is 0 Å². The second kappa shape index (κ2) is 7.46. The second-order valence-electron chi connectivity index (χ2n) is 8.11. The van der Waals surface area contributed by atoms with Crippen molar-refractivity contribution >= 4 is 5.57 Å². The molecule has 0 heterocycles. The molecule has 1 aliphatic rings. The van der Waals surface area contributed by atoms with E-state index in [1.54, 1.807) is 7.11 Å². The van der Waals surface area contributed by atoms with Crippen LogP contribution >= 0.6 is 0 Å². The number of aliphatic hydroxyl groups is 1. The number of allylic oxidation sites excluding steroid dienone is 1. The number of rotatable bonds is 6. The summed E-state index contributed by atoms with van der Waals surface area (Å²) in [6, 6.07) is 4.11. The Balaban J connectivity index is 2.74. The van der Waals surface area contributed by atoms with Crippen molar-refractivity contribution in [3.05, 3.63) is 34.6 Å². The molecule has 1 N–H and O–H groups in total. The molecule has 0 spiro atoms. The minimum Gasteiger partial charge on any atom is -0.467 e. The molecule has 0 bridgehead atoms. The maximum Gasteiger partial charge on any atom is 0.188 e. The highest BCUT2D eigenvalue weighted by molar-refractivity contribution is 5.74. The van der Waals surface area contributed by atoms with Crippen LogP contribution in [0.5, 0.6) is 5.75 Å². The molecule has 0 aromatic heterocycles. The minimum absolute atomic E-state index is 0.0218. The van der Waals surface area contributed by atoms with Gasteiger partial charge in [-0.25, -0.2) is 4.39 Å². The van der Waals surface area contributed by atoms with E-state index in [9.17, 15) is 9.50 Å². The largest absolute Gasteiger partial charge is 0.467 e. The summed E-state index contributed by atoms with van der Waals surface area (Å²) in [5.41, 5.74) is 3.76. The summed E-state index contributed by atoms with van der Waals surface area (Å²) < 4.78 is 25.1. The van der Waals surface area contributed by atoms with Crippen molar-refractivity contribution in [2.75, 3.05) is 20.5 Å². The lowest BCUT2D eigenvalue weighted by Gasteiger charge is -2.42. The summed E-state index contributed by atoms with van der Waals surface area (Å²) in [5.74, 6) is 0.115. The molecule has 140 valence electrons. The Kier molecular flexibility index (Phi) is 5.95. The summed E-state index contributed by atoms with van der Waals surface area (Å²) >= 11 is 0. The van der Waals surface area contributed by atoms with Crippen LogP contribution in [0.15, 0.2) is 18.0 Å². The predicted molar refractivity (Wildman–Crippen MR) is 99.6 cm³/mol. The van der Waals surface area contributed by atoms with E-state index in [0.29, 0.717) is 17.7 Å². The molecule has 1 aromatic rings. The van der Waals surface area contributed by atoms with E-state index in [1.807, 2.05) is 13.0 Å². The van der Waals surface area contributed by atoms with Crippen LogP contribution in [0, 0.1) is 0 Å². The van der Waals surface area contributed by atoms with Gasteiger partial charge in [-0.2, -0.15) is 0 Å². The number of methoxy groups -OCH3 is 1. The topological polar surface area (TPSA) is 38.7 Å². The molecule has 4 heteroatoms. The lowest BCUT2D eigenvalue weighted by molar-refractivity contribution is 0.0507. The smallest absolute Gasteiger partial charge is 0.188 e. The molecule has 0 amide bonds. The summed E-state index contributed by atoms with van der Waals surface area (Å²) in [6.07, 6.45) is 2.66. The Morgan fingerprint density at radius 3 is 2.16 bits per heavy atom. The van der Waals surface area contributed by atoms with Gasteiger partial charge in [0.25, 0.3) is 0 Å². The van der Waals surface area contributed by atoms with Gasteiger partial charge in [-0.3, -0.25) is 0 Å². The Bertz CT molecular complexity index is 659. The van der Waals surface area contributed by atoms with E-state index < -0.39 is 12.4 Å². The van der Waals surface area contributed by atoms with E-state index in [0.717, 1.165) is 18.4 Å². The van der Waals surface area contributed by atoms with Gasteiger partial charge in [0, 0.05) is 12.7 Å². The molecule has 0 radical (unpaired) electrons. The van der Waals surface area contributed by atoms with Crippen molar-refractivity contribution < 1.29 is 19.0 Å². The second-order valence-corrected chi connectivity index (χ2v) is 8.11. The maximum absolute atomic E-state index is 14.3. The minimum atomic E-state index is -0.598. The van der Waals surface area contributed by atoms with Crippen molar-refractivity contribution in [1.82, 2.24) is 0 Å². The third-order valence-corrected chi connectivity index (χ3v) is 5.43. The first-order valence-electron chi connectivity index (χ1n) is 8.97. The fourth-order valence-electron chi connectivity index (χ4n) is 3.70. The van der Waals surface area contributed by atoms with Gasteiger partial charge >= 0.3 is 0 Å². The molecule has 0 saturated heterocycles. The van der Waals surface area contributed by atoms with E-state index in [2.05, 4.69) is 33.8 Å². The number of hydrogen-bond acceptors (Lipinski definition) is 3. The number of aliphatic hydroxyl groups excluding tert-OH is 1. The van der Waals surface area contributed by atoms with E-state index in [-0.39, 0.29) is 17.6 Å². The van der Waals surface area contributed by atoms with Gasteiger partial charge in [-0.05, 0) is 58.9 Å². The fourth-order valence-corrected chi connectivity index (χ4v) is 3.70. The number of benzene rings is 1. The monoisotopic (exact) mass is 350 g/mol. The molecule has 0 aliphatic heterocycles. The molecule has 1 aromatic carbocycles. The zero-order chi connectivity index (χ0) is 18.8. The van der Waals surface area contributed by atoms with Crippen LogP contribution in [-0.4, -0.2) is 25.6 Å². The quantitative estimate of drug-likeness (QED) is 0.725. The zero-order valence-corrected chi connectivity index (χ0v) is 16.3. The molecule has 1 aliphatic carbocycles. The van der Waals surface area contributed by atoms with Crippen LogP contribution in [0.2, 0.25) is 0 Å². The Morgan fingerprint density at radius 2 is 1.68 bits per heavy atom. The van der Waals surface area contributed by atoms with Gasteiger partial charge in [0.05, 0.1) is 6.61 Å². The van der Waals surface area contributed by atoms with Crippen molar-refractivity contribution in [2.24, 2.45) is 0 Å². The molecule has 25 heavy (non-hydrogen) atoms. The average molecular weight is 350 g/mol. The summed E-state index contributed by atoms with van der Waals surface area (Å²) in [7, 11) is 1.57. The fraction of sp³-hybridized carbons (Fsp3) is 0.619. The molecule has 0 fully saturated rings. The highest BCUT2D eigenvalue weighted by Gasteiger charge is 2.38. The molecule has 0 atom stereocenters. The standard InChI is InChI=1S/C21H31FO3/c1-7-14(18(22)12-23)15-10-16-17(11-19(15)25-13-24-6)21(4,5)9-8-20(16,2)3/h10-11,23H,7-9,12-13H2,1-6H3. The van der Waals surface area contributed by atoms with Crippen LogP contribution < -0.4 is 4.74 Å². The van der Waals surface area contributed by atoms with E-state index in [4.69, 9.17) is 9.47 Å². The third kappa shape index (κ3) is 3.90. The van der Waals surface area contributed by atoms with Gasteiger partial charge in [-0.15, -0.1) is 0 Å². The lowest BCUT2D eigenvalue weighted by atomic mass is 9.62. The first kappa shape index (κ1) is 19.9. The molecule has 0 unspecified atom stereocenters. The molecular weight excluding hydrogens is 319 g/mol. The molecule has 2 rings (SSSR count). The summed E-state index contributed by atoms with van der Waals surface area (Å²) in [4.78, 5) is 0. The Labute approximate surface area is 150 Å². The lowest BCUT2D eigenvalue weighted by Crippen LogP contribution is -2.34. The number of hydrogen-bond donors (Lipinski definition) is 1. The van der Waals surface area contributed by atoms with Gasteiger partial charge < -0.3 is 14.6 Å². The normalized spacial score (nSPS) is 19.2. The van der Waals surface area contributed by atoms with Crippen LogP contribution in [0.1, 0.15) is 70.6 Å². The van der Waals surface area contributed by atoms with E-state index in [1.165, 1.54) is 11.1 Å².